The molecule has 1 heteroatoms. The zero-order valence-corrected chi connectivity index (χ0v) is 16.8. The van der Waals surface area contributed by atoms with Gasteiger partial charge in [0, 0.05) is 16.5 Å². The molecule has 6 rings (SSSR count). The SMILES string of the molecule is Cc1ccc(-c2ccc(-n3c4ccccc4c4ccccc43)cc2)c2ccccc12. The van der Waals surface area contributed by atoms with E-state index in [1.165, 1.54) is 55.0 Å². The first-order valence-corrected chi connectivity index (χ1v) is 10.4. The molecule has 30 heavy (non-hydrogen) atoms. The second kappa shape index (κ2) is 6.60. The van der Waals surface area contributed by atoms with Crippen LogP contribution in [0, 0.1) is 6.92 Å². The molecule has 5 aromatic carbocycles. The molecule has 0 aliphatic heterocycles. The van der Waals surface area contributed by atoms with Crippen LogP contribution >= 0.6 is 0 Å². The third-order valence-corrected chi connectivity index (χ3v) is 6.16. The first-order chi connectivity index (χ1) is 14.8. The van der Waals surface area contributed by atoms with E-state index in [0.29, 0.717) is 0 Å². The van der Waals surface area contributed by atoms with Gasteiger partial charge in [-0.3, -0.25) is 0 Å². The van der Waals surface area contributed by atoms with E-state index in [2.05, 4.69) is 121 Å². The van der Waals surface area contributed by atoms with E-state index >= 15 is 0 Å². The van der Waals surface area contributed by atoms with Gasteiger partial charge in [-0.25, -0.2) is 0 Å². The molecule has 0 unspecified atom stereocenters. The van der Waals surface area contributed by atoms with Crippen molar-refractivity contribution in [3.8, 4) is 16.8 Å². The number of fused-ring (bicyclic) bond motifs is 4. The van der Waals surface area contributed by atoms with Crippen molar-refractivity contribution in [2.75, 3.05) is 0 Å². The lowest BCUT2D eigenvalue weighted by molar-refractivity contribution is 1.18. The summed E-state index contributed by atoms with van der Waals surface area (Å²) in [6.07, 6.45) is 0. The minimum absolute atomic E-state index is 1.19. The van der Waals surface area contributed by atoms with Crippen LogP contribution in [0.2, 0.25) is 0 Å². The molecule has 1 nitrogen and oxygen atoms in total. The molecule has 0 atom stereocenters. The minimum atomic E-state index is 1.19. The van der Waals surface area contributed by atoms with Gasteiger partial charge in [0.1, 0.15) is 0 Å². The second-order valence-electron chi connectivity index (χ2n) is 7.89. The van der Waals surface area contributed by atoms with Crippen molar-refractivity contribution < 1.29 is 0 Å². The van der Waals surface area contributed by atoms with Crippen LogP contribution in [-0.2, 0) is 0 Å². The van der Waals surface area contributed by atoms with E-state index < -0.39 is 0 Å². The molecule has 142 valence electrons. The maximum Gasteiger partial charge on any atom is 0.0541 e. The summed E-state index contributed by atoms with van der Waals surface area (Å²) in [4.78, 5) is 0. The zero-order valence-electron chi connectivity index (χ0n) is 16.8. The normalized spacial score (nSPS) is 11.5. The molecule has 0 aliphatic carbocycles. The van der Waals surface area contributed by atoms with Crippen molar-refractivity contribution in [2.45, 2.75) is 6.92 Å². The summed E-state index contributed by atoms with van der Waals surface area (Å²) >= 11 is 0. The molecule has 0 spiro atoms. The highest BCUT2D eigenvalue weighted by Crippen LogP contribution is 2.34. The van der Waals surface area contributed by atoms with E-state index in [9.17, 15) is 0 Å². The average molecular weight is 383 g/mol. The summed E-state index contributed by atoms with van der Waals surface area (Å²) in [5.41, 5.74) is 7.52. The molecule has 0 radical (unpaired) electrons. The number of hydrogen-bond acceptors (Lipinski definition) is 0. The highest BCUT2D eigenvalue weighted by Gasteiger charge is 2.12. The largest absolute Gasteiger partial charge is 0.309 e. The Morgan fingerprint density at radius 1 is 0.467 bits per heavy atom. The number of benzene rings is 5. The van der Waals surface area contributed by atoms with Gasteiger partial charge < -0.3 is 4.57 Å². The fourth-order valence-corrected chi connectivity index (χ4v) is 4.69. The molecular weight excluding hydrogens is 362 g/mol. The molecular formula is C29H21N. The van der Waals surface area contributed by atoms with Gasteiger partial charge in [0.05, 0.1) is 11.0 Å². The molecule has 0 N–H and O–H groups in total. The number of aromatic nitrogens is 1. The monoisotopic (exact) mass is 383 g/mol. The van der Waals surface area contributed by atoms with Crippen LogP contribution in [0.5, 0.6) is 0 Å². The first kappa shape index (κ1) is 17.1. The fourth-order valence-electron chi connectivity index (χ4n) is 4.69. The number of rotatable bonds is 2. The average Bonchev–Trinajstić information content (AvgIpc) is 3.14. The van der Waals surface area contributed by atoms with E-state index in [1.807, 2.05) is 0 Å². The molecule has 6 aromatic rings. The van der Waals surface area contributed by atoms with Gasteiger partial charge in [-0.2, -0.15) is 0 Å². The van der Waals surface area contributed by atoms with Crippen molar-refractivity contribution in [3.05, 3.63) is 115 Å². The van der Waals surface area contributed by atoms with Crippen molar-refractivity contribution >= 4 is 32.6 Å². The van der Waals surface area contributed by atoms with Crippen LogP contribution in [0.3, 0.4) is 0 Å². The maximum absolute atomic E-state index is 2.36. The minimum Gasteiger partial charge on any atom is -0.309 e. The van der Waals surface area contributed by atoms with E-state index in [1.54, 1.807) is 0 Å². The van der Waals surface area contributed by atoms with Crippen LogP contribution in [-0.4, -0.2) is 4.57 Å². The second-order valence-corrected chi connectivity index (χ2v) is 7.89. The zero-order chi connectivity index (χ0) is 20.1. The van der Waals surface area contributed by atoms with Crippen molar-refractivity contribution in [1.82, 2.24) is 4.57 Å². The maximum atomic E-state index is 2.36. The van der Waals surface area contributed by atoms with Crippen molar-refractivity contribution in [2.24, 2.45) is 0 Å². The van der Waals surface area contributed by atoms with Crippen LogP contribution in [0.15, 0.2) is 109 Å². The molecule has 0 amide bonds. The summed E-state index contributed by atoms with van der Waals surface area (Å²) in [7, 11) is 0. The first-order valence-electron chi connectivity index (χ1n) is 10.4. The third kappa shape index (κ3) is 2.49. The quantitative estimate of drug-likeness (QED) is 0.286. The highest BCUT2D eigenvalue weighted by molar-refractivity contribution is 6.09. The Labute approximate surface area is 175 Å². The van der Waals surface area contributed by atoms with Crippen molar-refractivity contribution in [1.29, 1.82) is 0 Å². The fraction of sp³-hybridized carbons (Fsp3) is 0.0345. The lowest BCUT2D eigenvalue weighted by atomic mass is 9.95. The van der Waals surface area contributed by atoms with Gasteiger partial charge in [-0.15, -0.1) is 0 Å². The molecule has 0 aliphatic rings. The summed E-state index contributed by atoms with van der Waals surface area (Å²) in [6.45, 7) is 2.18. The number of aryl methyl sites for hydroxylation is 1. The van der Waals surface area contributed by atoms with Crippen molar-refractivity contribution in [3.63, 3.8) is 0 Å². The molecule has 1 aromatic heterocycles. The topological polar surface area (TPSA) is 4.93 Å². The molecule has 0 bridgehead atoms. The Balaban J connectivity index is 1.55. The lowest BCUT2D eigenvalue weighted by Gasteiger charge is -2.12. The number of nitrogens with zero attached hydrogens (tertiary/aromatic N) is 1. The van der Waals surface area contributed by atoms with Gasteiger partial charge in [-0.05, 0) is 58.7 Å². The number of para-hydroxylation sites is 2. The van der Waals surface area contributed by atoms with Crippen LogP contribution in [0.25, 0.3) is 49.4 Å². The lowest BCUT2D eigenvalue weighted by Crippen LogP contribution is -1.93. The Hall–Kier alpha value is -3.84. The number of hydrogen-bond donors (Lipinski definition) is 0. The van der Waals surface area contributed by atoms with Gasteiger partial charge in [0.15, 0.2) is 0 Å². The van der Waals surface area contributed by atoms with E-state index in [4.69, 9.17) is 0 Å². The van der Waals surface area contributed by atoms with Crippen LogP contribution in [0.4, 0.5) is 0 Å². The van der Waals surface area contributed by atoms with Gasteiger partial charge >= 0.3 is 0 Å². The Morgan fingerprint density at radius 3 is 1.63 bits per heavy atom. The van der Waals surface area contributed by atoms with Gasteiger partial charge in [-0.1, -0.05) is 84.9 Å². The summed E-state index contributed by atoms with van der Waals surface area (Å²) in [6, 6.07) is 39.4. The Kier molecular flexibility index (Phi) is 3.75. The molecule has 1 heterocycles. The Morgan fingerprint density at radius 2 is 1.00 bits per heavy atom. The molecule has 0 saturated carbocycles. The predicted octanol–water partition coefficient (Wildman–Crippen LogP) is 7.91. The summed E-state index contributed by atoms with van der Waals surface area (Å²) in [5.74, 6) is 0. The van der Waals surface area contributed by atoms with Gasteiger partial charge in [0.25, 0.3) is 0 Å². The molecule has 0 saturated heterocycles. The predicted molar refractivity (Wildman–Crippen MR) is 128 cm³/mol. The molecule has 0 fully saturated rings. The smallest absolute Gasteiger partial charge is 0.0541 e. The van der Waals surface area contributed by atoms with Crippen LogP contribution in [0.1, 0.15) is 5.56 Å². The standard InChI is InChI=1S/C29H21N/c1-20-14-19-24(25-9-3-2-8-23(20)25)21-15-17-22(18-16-21)30-28-12-6-4-10-26(28)27-11-5-7-13-29(27)30/h2-19H,1H3. The van der Waals surface area contributed by atoms with E-state index in [0.717, 1.165) is 0 Å². The summed E-state index contributed by atoms with van der Waals surface area (Å²) < 4.78 is 2.36. The van der Waals surface area contributed by atoms with E-state index in [-0.39, 0.29) is 0 Å². The summed E-state index contributed by atoms with van der Waals surface area (Å²) in [5, 5.41) is 5.21. The third-order valence-electron chi connectivity index (χ3n) is 6.16. The van der Waals surface area contributed by atoms with Crippen LogP contribution < -0.4 is 0 Å². The van der Waals surface area contributed by atoms with Gasteiger partial charge in [0.2, 0.25) is 0 Å². The Bertz CT molecular complexity index is 1480. The highest BCUT2D eigenvalue weighted by atomic mass is 15.0.